The van der Waals surface area contributed by atoms with Gasteiger partial charge in [-0.3, -0.25) is 4.79 Å². The summed E-state index contributed by atoms with van der Waals surface area (Å²) in [5.41, 5.74) is 0. The van der Waals surface area contributed by atoms with Crippen molar-refractivity contribution in [1.29, 1.82) is 0 Å². The lowest BCUT2D eigenvalue weighted by atomic mass is 10.1. The molecule has 2 aliphatic rings. The zero-order chi connectivity index (χ0) is 18.6. The van der Waals surface area contributed by atoms with Crippen molar-refractivity contribution in [3.63, 3.8) is 0 Å². The molecule has 10 heteroatoms. The summed E-state index contributed by atoms with van der Waals surface area (Å²) in [4.78, 5) is 12.1. The summed E-state index contributed by atoms with van der Waals surface area (Å²) < 4.78 is 36.0. The number of sulfone groups is 1. The first-order valence-corrected chi connectivity index (χ1v) is 10.4. The Kier molecular flexibility index (Phi) is 7.72. The van der Waals surface area contributed by atoms with E-state index in [1.54, 1.807) is 6.07 Å². The van der Waals surface area contributed by atoms with Crippen molar-refractivity contribution in [3.05, 3.63) is 18.2 Å². The molecule has 1 aromatic carbocycles. The maximum absolute atomic E-state index is 12.5. The number of rotatable bonds is 6. The minimum absolute atomic E-state index is 0. The number of aliphatic hydroxyl groups excluding tert-OH is 1. The zero-order valence-corrected chi connectivity index (χ0v) is 16.5. The van der Waals surface area contributed by atoms with Crippen LogP contribution in [0.5, 0.6) is 11.5 Å². The molecule has 0 bridgehead atoms. The van der Waals surface area contributed by atoms with Crippen LogP contribution in [0.3, 0.4) is 0 Å². The number of hydrogen-bond donors (Lipinski definition) is 3. The Labute approximate surface area is 164 Å². The number of fused-ring (bicyclic) bond motifs is 1. The molecule has 0 spiro atoms. The lowest BCUT2D eigenvalue weighted by molar-refractivity contribution is -0.120. The third-order valence-corrected chi connectivity index (χ3v) is 6.26. The number of β-amino-alcohol motifs (C(OH)–C–C–N with tert-alkyl or cyclic N) is 1. The molecule has 0 aromatic heterocycles. The van der Waals surface area contributed by atoms with Crippen molar-refractivity contribution >= 4 is 28.2 Å². The van der Waals surface area contributed by atoms with E-state index in [1.807, 2.05) is 0 Å². The average molecular weight is 421 g/mol. The van der Waals surface area contributed by atoms with E-state index in [0.717, 1.165) is 6.42 Å². The standard InChI is InChI=1S/C17H24N2O6S.ClH/c20-14-11-18-9-12(14)10-19-17(21)4-7-26(22,23)13-2-3-15-16(8-13)25-6-1-5-24-15;/h2-3,8,12,14,18,20H,1,4-7,9-11H2,(H,19,21);1H. The minimum atomic E-state index is -3.61. The summed E-state index contributed by atoms with van der Waals surface area (Å²) in [6.07, 6.45) is 0.121. The SMILES string of the molecule is Cl.O=C(CCS(=O)(=O)c1ccc2c(c1)OCCCO2)NCC1CNCC1O. The van der Waals surface area contributed by atoms with Gasteiger partial charge in [-0.05, 0) is 12.1 Å². The molecular formula is C17H25ClN2O6S. The molecule has 0 saturated carbocycles. The Bertz CT molecular complexity index is 758. The number of carbonyl (C=O) groups is 1. The molecule has 2 unspecified atom stereocenters. The fraction of sp³-hybridized carbons (Fsp3) is 0.588. The molecule has 0 radical (unpaired) electrons. The average Bonchev–Trinajstić information content (AvgIpc) is 2.89. The number of carbonyl (C=O) groups excluding carboxylic acids is 1. The number of amides is 1. The smallest absolute Gasteiger partial charge is 0.221 e. The van der Waals surface area contributed by atoms with Crippen LogP contribution in [-0.4, -0.2) is 64.1 Å². The second-order valence-electron chi connectivity index (χ2n) is 6.52. The molecule has 2 atom stereocenters. The molecule has 1 aromatic rings. The molecule has 1 saturated heterocycles. The van der Waals surface area contributed by atoms with Crippen LogP contribution in [-0.2, 0) is 14.6 Å². The number of ether oxygens (including phenoxy) is 2. The largest absolute Gasteiger partial charge is 0.490 e. The van der Waals surface area contributed by atoms with E-state index >= 15 is 0 Å². The maximum atomic E-state index is 12.5. The highest BCUT2D eigenvalue weighted by atomic mass is 35.5. The van der Waals surface area contributed by atoms with Gasteiger partial charge in [0.25, 0.3) is 0 Å². The predicted octanol–water partition coefficient (Wildman–Crippen LogP) is 0.130. The fourth-order valence-electron chi connectivity index (χ4n) is 2.94. The summed E-state index contributed by atoms with van der Waals surface area (Å²) in [6.45, 7) is 2.48. The van der Waals surface area contributed by atoms with Crippen LogP contribution in [0.25, 0.3) is 0 Å². The van der Waals surface area contributed by atoms with Crippen molar-refractivity contribution < 1.29 is 27.8 Å². The van der Waals surface area contributed by atoms with E-state index in [1.165, 1.54) is 12.1 Å². The first kappa shape index (κ1) is 21.7. The first-order valence-electron chi connectivity index (χ1n) is 8.73. The van der Waals surface area contributed by atoms with E-state index in [0.29, 0.717) is 44.3 Å². The van der Waals surface area contributed by atoms with Crippen molar-refractivity contribution in [3.8, 4) is 11.5 Å². The lowest BCUT2D eigenvalue weighted by Crippen LogP contribution is -2.35. The van der Waals surface area contributed by atoms with Gasteiger partial charge in [-0.25, -0.2) is 8.42 Å². The van der Waals surface area contributed by atoms with E-state index in [4.69, 9.17) is 9.47 Å². The lowest BCUT2D eigenvalue weighted by Gasteiger charge is -2.14. The summed E-state index contributed by atoms with van der Waals surface area (Å²) >= 11 is 0. The summed E-state index contributed by atoms with van der Waals surface area (Å²) in [7, 11) is -3.61. The third-order valence-electron chi connectivity index (χ3n) is 4.54. The third kappa shape index (κ3) is 5.71. The Hall–Kier alpha value is -1.55. The molecule has 27 heavy (non-hydrogen) atoms. The van der Waals surface area contributed by atoms with Crippen LogP contribution in [0.15, 0.2) is 23.1 Å². The molecule has 1 fully saturated rings. The van der Waals surface area contributed by atoms with Crippen LogP contribution in [0.4, 0.5) is 0 Å². The van der Waals surface area contributed by atoms with Crippen molar-refractivity contribution in [1.82, 2.24) is 10.6 Å². The Morgan fingerprint density at radius 3 is 2.67 bits per heavy atom. The van der Waals surface area contributed by atoms with Crippen LogP contribution < -0.4 is 20.1 Å². The molecule has 152 valence electrons. The van der Waals surface area contributed by atoms with E-state index in [2.05, 4.69) is 10.6 Å². The molecule has 8 nitrogen and oxygen atoms in total. The van der Waals surface area contributed by atoms with Gasteiger partial charge in [-0.2, -0.15) is 0 Å². The van der Waals surface area contributed by atoms with Crippen molar-refractivity contribution in [2.45, 2.75) is 23.8 Å². The predicted molar refractivity (Wildman–Crippen MR) is 101 cm³/mol. The Morgan fingerprint density at radius 1 is 1.22 bits per heavy atom. The zero-order valence-electron chi connectivity index (χ0n) is 14.8. The summed E-state index contributed by atoms with van der Waals surface area (Å²) in [5.74, 6) is 0.266. The second-order valence-corrected chi connectivity index (χ2v) is 8.63. The van der Waals surface area contributed by atoms with E-state index in [9.17, 15) is 18.3 Å². The van der Waals surface area contributed by atoms with Gasteiger partial charge in [0, 0.05) is 44.5 Å². The van der Waals surface area contributed by atoms with Gasteiger partial charge in [0.1, 0.15) is 0 Å². The quantitative estimate of drug-likeness (QED) is 0.599. The van der Waals surface area contributed by atoms with Gasteiger partial charge in [0.2, 0.25) is 5.91 Å². The van der Waals surface area contributed by atoms with Crippen LogP contribution in [0, 0.1) is 5.92 Å². The van der Waals surface area contributed by atoms with Crippen molar-refractivity contribution in [2.75, 3.05) is 38.6 Å². The fourth-order valence-corrected chi connectivity index (χ4v) is 4.19. The molecular weight excluding hydrogens is 396 g/mol. The van der Waals surface area contributed by atoms with Gasteiger partial charge >= 0.3 is 0 Å². The highest BCUT2D eigenvalue weighted by molar-refractivity contribution is 7.91. The molecule has 1 amide bonds. The Balaban J connectivity index is 0.00000261. The highest BCUT2D eigenvalue weighted by Gasteiger charge is 2.25. The number of aliphatic hydroxyl groups is 1. The Morgan fingerprint density at radius 2 is 1.96 bits per heavy atom. The molecule has 0 aliphatic carbocycles. The molecule has 2 aliphatic heterocycles. The molecule has 2 heterocycles. The van der Waals surface area contributed by atoms with Crippen LogP contribution >= 0.6 is 12.4 Å². The first-order chi connectivity index (χ1) is 12.5. The highest BCUT2D eigenvalue weighted by Crippen LogP contribution is 2.32. The second kappa shape index (κ2) is 9.59. The molecule has 3 N–H and O–H groups in total. The van der Waals surface area contributed by atoms with E-state index < -0.39 is 15.9 Å². The van der Waals surface area contributed by atoms with Gasteiger partial charge in [0.15, 0.2) is 21.3 Å². The molecule has 3 rings (SSSR count). The number of benzene rings is 1. The van der Waals surface area contributed by atoms with Gasteiger partial charge < -0.3 is 25.2 Å². The van der Waals surface area contributed by atoms with Crippen LogP contribution in [0.1, 0.15) is 12.8 Å². The monoisotopic (exact) mass is 420 g/mol. The number of hydrogen-bond acceptors (Lipinski definition) is 7. The van der Waals surface area contributed by atoms with E-state index in [-0.39, 0.29) is 41.3 Å². The van der Waals surface area contributed by atoms with Crippen LogP contribution in [0.2, 0.25) is 0 Å². The van der Waals surface area contributed by atoms with Gasteiger partial charge in [0.05, 0.1) is 30.0 Å². The summed E-state index contributed by atoms with van der Waals surface area (Å²) in [5, 5.41) is 15.4. The number of nitrogens with one attached hydrogen (secondary N) is 2. The van der Waals surface area contributed by atoms with Crippen molar-refractivity contribution in [2.24, 2.45) is 5.92 Å². The topological polar surface area (TPSA) is 114 Å². The van der Waals surface area contributed by atoms with Gasteiger partial charge in [-0.1, -0.05) is 0 Å². The van der Waals surface area contributed by atoms with Gasteiger partial charge in [-0.15, -0.1) is 12.4 Å². The maximum Gasteiger partial charge on any atom is 0.221 e. The minimum Gasteiger partial charge on any atom is -0.490 e. The number of halogens is 1. The normalized spacial score (nSPS) is 21.8. The summed E-state index contributed by atoms with van der Waals surface area (Å²) in [6, 6.07) is 4.51.